The SMILES string of the molecule is CCCCCCOc1nn(O)c(=NC(C)=O)cc1[N+](=O)[O-]. The van der Waals surface area contributed by atoms with Gasteiger partial charge in [0, 0.05) is 6.92 Å². The second-order valence-corrected chi connectivity index (χ2v) is 4.38. The Morgan fingerprint density at radius 1 is 1.52 bits per heavy atom. The molecule has 1 aromatic rings. The van der Waals surface area contributed by atoms with Gasteiger partial charge in [-0.1, -0.05) is 36.1 Å². The number of unbranched alkanes of at least 4 members (excludes halogenated alkanes) is 3. The van der Waals surface area contributed by atoms with Crippen LogP contribution in [0.4, 0.5) is 5.69 Å². The number of hydrogen-bond donors (Lipinski definition) is 1. The fourth-order valence-corrected chi connectivity index (χ4v) is 1.60. The van der Waals surface area contributed by atoms with Gasteiger partial charge in [0.2, 0.25) is 5.91 Å². The van der Waals surface area contributed by atoms with Crippen LogP contribution in [-0.4, -0.2) is 32.6 Å². The summed E-state index contributed by atoms with van der Waals surface area (Å²) in [5, 5.41) is 24.0. The summed E-state index contributed by atoms with van der Waals surface area (Å²) in [4.78, 5) is 24.9. The van der Waals surface area contributed by atoms with Gasteiger partial charge in [-0.05, 0) is 6.42 Å². The third-order valence-electron chi connectivity index (χ3n) is 2.58. The van der Waals surface area contributed by atoms with Crippen LogP contribution in [0.2, 0.25) is 0 Å². The van der Waals surface area contributed by atoms with Crippen molar-refractivity contribution >= 4 is 11.6 Å². The number of hydrogen-bond acceptors (Lipinski definition) is 6. The molecule has 9 heteroatoms. The van der Waals surface area contributed by atoms with Gasteiger partial charge in [-0.3, -0.25) is 14.9 Å². The molecule has 0 fully saturated rings. The molecule has 0 saturated heterocycles. The molecular formula is C12H18N4O5. The molecule has 0 aromatic carbocycles. The first-order chi connectivity index (χ1) is 9.95. The van der Waals surface area contributed by atoms with Crippen LogP contribution in [0.15, 0.2) is 11.1 Å². The van der Waals surface area contributed by atoms with Gasteiger partial charge in [0.1, 0.15) is 0 Å². The van der Waals surface area contributed by atoms with E-state index in [-0.39, 0.29) is 22.8 Å². The second-order valence-electron chi connectivity index (χ2n) is 4.38. The maximum atomic E-state index is 11.0. The van der Waals surface area contributed by atoms with Crippen molar-refractivity contribution in [2.45, 2.75) is 39.5 Å². The largest absolute Gasteiger partial charge is 0.472 e. The third-order valence-corrected chi connectivity index (χ3v) is 2.58. The maximum absolute atomic E-state index is 11.0. The van der Waals surface area contributed by atoms with E-state index in [0.29, 0.717) is 0 Å². The highest BCUT2D eigenvalue weighted by Gasteiger charge is 2.19. The Kier molecular flexibility index (Phi) is 6.31. The lowest BCUT2D eigenvalue weighted by molar-refractivity contribution is -0.386. The smallest absolute Gasteiger partial charge is 0.336 e. The first-order valence-corrected chi connectivity index (χ1v) is 6.61. The number of amides is 1. The van der Waals surface area contributed by atoms with Crippen molar-refractivity contribution in [3.05, 3.63) is 21.7 Å². The number of rotatable bonds is 7. The van der Waals surface area contributed by atoms with Crippen LogP contribution < -0.4 is 10.2 Å². The molecule has 1 amide bonds. The van der Waals surface area contributed by atoms with Crippen molar-refractivity contribution in [3.63, 3.8) is 0 Å². The first kappa shape index (κ1) is 16.6. The minimum absolute atomic E-state index is 0.261. The predicted molar refractivity (Wildman–Crippen MR) is 71.9 cm³/mol. The molecule has 0 spiro atoms. The average molecular weight is 298 g/mol. The van der Waals surface area contributed by atoms with Gasteiger partial charge in [-0.2, -0.15) is 4.99 Å². The van der Waals surface area contributed by atoms with Crippen LogP contribution in [0.5, 0.6) is 5.88 Å². The summed E-state index contributed by atoms with van der Waals surface area (Å²) in [5.74, 6) is -0.913. The molecule has 0 saturated carbocycles. The molecule has 0 unspecified atom stereocenters. The van der Waals surface area contributed by atoms with E-state index in [1.54, 1.807) is 0 Å². The van der Waals surface area contributed by atoms with E-state index >= 15 is 0 Å². The van der Waals surface area contributed by atoms with Crippen molar-refractivity contribution < 1.29 is 19.7 Å². The monoisotopic (exact) mass is 298 g/mol. The highest BCUT2D eigenvalue weighted by molar-refractivity contribution is 5.73. The van der Waals surface area contributed by atoms with Gasteiger partial charge in [0.05, 0.1) is 17.6 Å². The molecule has 1 rings (SSSR count). The van der Waals surface area contributed by atoms with Crippen LogP contribution in [0.1, 0.15) is 39.5 Å². The predicted octanol–water partition coefficient (Wildman–Crippen LogP) is 1.43. The zero-order valence-corrected chi connectivity index (χ0v) is 12.0. The summed E-state index contributed by atoms with van der Waals surface area (Å²) in [5.41, 5.74) is -0.775. The van der Waals surface area contributed by atoms with Crippen molar-refractivity contribution in [2.24, 2.45) is 4.99 Å². The van der Waals surface area contributed by atoms with Gasteiger partial charge in [0.25, 0.3) is 0 Å². The third kappa shape index (κ3) is 5.21. The zero-order valence-electron chi connectivity index (χ0n) is 12.0. The molecular weight excluding hydrogens is 280 g/mol. The van der Waals surface area contributed by atoms with E-state index in [9.17, 15) is 20.1 Å². The Morgan fingerprint density at radius 3 is 2.81 bits per heavy atom. The fourth-order valence-electron chi connectivity index (χ4n) is 1.60. The molecule has 21 heavy (non-hydrogen) atoms. The van der Waals surface area contributed by atoms with Crippen LogP contribution in [0.3, 0.4) is 0 Å². The molecule has 116 valence electrons. The van der Waals surface area contributed by atoms with Crippen molar-refractivity contribution in [1.29, 1.82) is 0 Å². The molecule has 0 aliphatic rings. The average Bonchev–Trinajstić information content (AvgIpc) is 2.40. The maximum Gasteiger partial charge on any atom is 0.336 e. The van der Waals surface area contributed by atoms with Crippen LogP contribution in [-0.2, 0) is 4.79 Å². The number of aromatic nitrogens is 2. The Balaban J connectivity index is 2.96. The van der Waals surface area contributed by atoms with Gasteiger partial charge in [0.15, 0.2) is 5.49 Å². The summed E-state index contributed by atoms with van der Waals surface area (Å²) in [6.45, 7) is 3.49. The summed E-state index contributed by atoms with van der Waals surface area (Å²) in [6.07, 6.45) is 3.80. The van der Waals surface area contributed by atoms with Crippen molar-refractivity contribution in [3.8, 4) is 5.88 Å². The van der Waals surface area contributed by atoms with Crippen LogP contribution in [0, 0.1) is 10.1 Å². The summed E-state index contributed by atoms with van der Waals surface area (Å²) >= 11 is 0. The molecule has 0 aliphatic carbocycles. The Labute approximate surface area is 121 Å². The van der Waals surface area contributed by atoms with E-state index in [4.69, 9.17) is 4.74 Å². The normalized spacial score (nSPS) is 11.4. The van der Waals surface area contributed by atoms with Gasteiger partial charge in [-0.25, -0.2) is 0 Å². The van der Waals surface area contributed by atoms with E-state index < -0.39 is 16.5 Å². The van der Waals surface area contributed by atoms with Gasteiger partial charge in [-0.15, -0.1) is 0 Å². The lowest BCUT2D eigenvalue weighted by Gasteiger charge is -2.06. The Hall–Kier alpha value is -2.45. The highest BCUT2D eigenvalue weighted by Crippen LogP contribution is 2.21. The molecule has 0 aliphatic heterocycles. The van der Waals surface area contributed by atoms with Crippen molar-refractivity contribution in [2.75, 3.05) is 6.61 Å². The summed E-state index contributed by atoms with van der Waals surface area (Å²) in [6, 6.07) is 0.940. The zero-order chi connectivity index (χ0) is 15.8. The topological polar surface area (TPSA) is 120 Å². The van der Waals surface area contributed by atoms with Gasteiger partial charge >= 0.3 is 11.6 Å². The quantitative estimate of drug-likeness (QED) is 0.352. The first-order valence-electron chi connectivity index (χ1n) is 6.61. The lowest BCUT2D eigenvalue weighted by Crippen LogP contribution is -2.24. The Bertz CT molecular complexity index is 582. The number of nitrogens with zero attached hydrogens (tertiary/aromatic N) is 4. The number of ether oxygens (including phenoxy) is 1. The van der Waals surface area contributed by atoms with Crippen molar-refractivity contribution in [1.82, 2.24) is 9.94 Å². The minimum atomic E-state index is -0.701. The standard InChI is InChI=1S/C12H18N4O5/c1-3-4-5-6-7-21-12-10(16(19)20)8-11(13-9(2)17)15(18)14-12/h8,18H,3-7H2,1-2H3. The van der Waals surface area contributed by atoms with E-state index in [0.717, 1.165) is 38.7 Å². The molecule has 1 N–H and O–H groups in total. The van der Waals surface area contributed by atoms with E-state index in [2.05, 4.69) is 17.0 Å². The molecule has 0 atom stereocenters. The van der Waals surface area contributed by atoms with E-state index in [1.165, 1.54) is 0 Å². The summed E-state index contributed by atoms with van der Waals surface area (Å²) < 4.78 is 5.23. The highest BCUT2D eigenvalue weighted by atomic mass is 16.6. The fraction of sp³-hybridized carbons (Fsp3) is 0.583. The number of nitro groups is 1. The number of carbonyl (C=O) groups is 1. The van der Waals surface area contributed by atoms with Crippen LogP contribution in [0.25, 0.3) is 0 Å². The molecule has 1 aromatic heterocycles. The second kappa shape index (κ2) is 7.98. The molecule has 0 bridgehead atoms. The lowest BCUT2D eigenvalue weighted by atomic mass is 10.2. The minimum Gasteiger partial charge on any atom is -0.472 e. The molecule has 1 heterocycles. The molecule has 0 radical (unpaired) electrons. The van der Waals surface area contributed by atoms with Gasteiger partial charge < -0.3 is 9.94 Å². The van der Waals surface area contributed by atoms with E-state index in [1.807, 2.05) is 0 Å². The summed E-state index contributed by atoms with van der Waals surface area (Å²) in [7, 11) is 0. The number of carbonyl (C=O) groups excluding carboxylic acids is 1. The molecule has 9 nitrogen and oxygen atoms in total. The Morgan fingerprint density at radius 2 is 2.24 bits per heavy atom. The van der Waals surface area contributed by atoms with Crippen LogP contribution >= 0.6 is 0 Å².